The molecule has 1 heterocycles. The van der Waals surface area contributed by atoms with Crippen molar-refractivity contribution in [1.29, 1.82) is 0 Å². The minimum Gasteiger partial charge on any atom is -0.486 e. The van der Waals surface area contributed by atoms with E-state index >= 15 is 0 Å². The Bertz CT molecular complexity index is 1130. The van der Waals surface area contributed by atoms with E-state index in [1.807, 2.05) is 41.3 Å². The lowest BCUT2D eigenvalue weighted by Crippen LogP contribution is -2.48. The predicted octanol–water partition coefficient (Wildman–Crippen LogP) is 6.95. The molecule has 1 saturated heterocycles. The summed E-state index contributed by atoms with van der Waals surface area (Å²) < 4.78 is 6.93. The number of carbonyl (C=O) groups is 1. The maximum Gasteiger partial charge on any atom is 0.253 e. The van der Waals surface area contributed by atoms with E-state index in [0.717, 1.165) is 29.7 Å². The second-order valence-corrected chi connectivity index (χ2v) is 9.95. The van der Waals surface area contributed by atoms with Crippen molar-refractivity contribution in [1.82, 2.24) is 9.80 Å². The van der Waals surface area contributed by atoms with Crippen molar-refractivity contribution in [3.8, 4) is 5.75 Å². The molecule has 0 saturated carbocycles. The molecule has 0 bridgehead atoms. The van der Waals surface area contributed by atoms with Gasteiger partial charge in [-0.1, -0.05) is 81.1 Å². The van der Waals surface area contributed by atoms with Crippen LogP contribution in [-0.4, -0.2) is 41.9 Å². The largest absolute Gasteiger partial charge is 0.486 e. The van der Waals surface area contributed by atoms with E-state index in [4.69, 9.17) is 39.5 Å². The molecule has 0 spiro atoms. The SMILES string of the molecule is O=C(c1cccc(COc2c(Cl)cc(Cl)cc2Cl)c1)N1CCN(Cc2ccccc2Br)CC1. The topological polar surface area (TPSA) is 32.8 Å². The number of ether oxygens (including phenoxy) is 1. The van der Waals surface area contributed by atoms with Crippen LogP contribution >= 0.6 is 50.7 Å². The molecule has 1 fully saturated rings. The summed E-state index contributed by atoms with van der Waals surface area (Å²) in [4.78, 5) is 17.4. The molecule has 0 atom stereocenters. The average molecular weight is 569 g/mol. The van der Waals surface area contributed by atoms with E-state index in [-0.39, 0.29) is 12.5 Å². The van der Waals surface area contributed by atoms with Crippen LogP contribution in [0.2, 0.25) is 15.1 Å². The third-order valence-electron chi connectivity index (χ3n) is 5.53. The number of halogens is 4. The number of amides is 1. The van der Waals surface area contributed by atoms with Gasteiger partial charge in [-0.05, 0) is 41.5 Å². The molecule has 1 aliphatic rings. The number of hydrogen-bond acceptors (Lipinski definition) is 3. The molecule has 8 heteroatoms. The number of nitrogens with zero attached hydrogens (tertiary/aromatic N) is 2. The first-order valence-corrected chi connectivity index (χ1v) is 12.4. The van der Waals surface area contributed by atoms with Gasteiger partial charge in [0.15, 0.2) is 5.75 Å². The fraction of sp³-hybridized carbons (Fsp3) is 0.240. The summed E-state index contributed by atoms with van der Waals surface area (Å²) in [5.41, 5.74) is 2.75. The highest BCUT2D eigenvalue weighted by Crippen LogP contribution is 2.36. The molecule has 0 unspecified atom stereocenters. The lowest BCUT2D eigenvalue weighted by atomic mass is 10.1. The summed E-state index contributed by atoms with van der Waals surface area (Å²) in [5.74, 6) is 0.403. The van der Waals surface area contributed by atoms with E-state index in [1.54, 1.807) is 12.1 Å². The molecule has 3 aromatic rings. The Labute approximate surface area is 217 Å². The van der Waals surface area contributed by atoms with E-state index in [9.17, 15) is 4.79 Å². The molecule has 0 N–H and O–H groups in total. The third kappa shape index (κ3) is 6.23. The second kappa shape index (κ2) is 11.1. The number of piperazine rings is 1. The summed E-state index contributed by atoms with van der Waals surface area (Å²) >= 11 is 22.0. The summed E-state index contributed by atoms with van der Waals surface area (Å²) in [7, 11) is 0. The third-order valence-corrected chi connectivity index (χ3v) is 7.08. The molecule has 0 radical (unpaired) electrons. The first-order valence-electron chi connectivity index (χ1n) is 10.5. The highest BCUT2D eigenvalue weighted by Gasteiger charge is 2.23. The maximum absolute atomic E-state index is 13.1. The average Bonchev–Trinajstić information content (AvgIpc) is 2.80. The number of carbonyl (C=O) groups excluding carboxylic acids is 1. The normalized spacial score (nSPS) is 14.4. The summed E-state index contributed by atoms with van der Waals surface area (Å²) in [5, 5.41) is 1.14. The molecule has 1 aliphatic heterocycles. The maximum atomic E-state index is 13.1. The fourth-order valence-electron chi connectivity index (χ4n) is 3.78. The summed E-state index contributed by atoms with van der Waals surface area (Å²) in [6, 6.07) is 18.9. The van der Waals surface area contributed by atoms with Gasteiger partial charge in [0, 0.05) is 47.8 Å². The Hall–Kier alpha value is -1.76. The van der Waals surface area contributed by atoms with Crippen LogP contribution < -0.4 is 4.74 Å². The highest BCUT2D eigenvalue weighted by atomic mass is 79.9. The molecule has 0 aromatic heterocycles. The Kier molecular flexibility index (Phi) is 8.20. The van der Waals surface area contributed by atoms with Gasteiger partial charge in [-0.15, -0.1) is 0 Å². The standard InChI is InChI=1S/C25H22BrCl3N2O2/c26-21-7-2-1-5-19(21)15-30-8-10-31(11-9-30)25(32)18-6-3-4-17(12-18)16-33-24-22(28)13-20(27)14-23(24)29/h1-7,12-14H,8-11,15-16H2. The van der Waals surface area contributed by atoms with E-state index in [1.165, 1.54) is 5.56 Å². The van der Waals surface area contributed by atoms with Crippen molar-refractivity contribution in [3.05, 3.63) is 96.9 Å². The van der Waals surface area contributed by atoms with E-state index < -0.39 is 0 Å². The van der Waals surface area contributed by atoms with Crippen LogP contribution in [0.15, 0.2) is 65.1 Å². The molecule has 3 aromatic carbocycles. The van der Waals surface area contributed by atoms with Crippen LogP contribution in [-0.2, 0) is 13.2 Å². The number of benzene rings is 3. The smallest absolute Gasteiger partial charge is 0.253 e. The van der Waals surface area contributed by atoms with Crippen molar-refractivity contribution in [2.24, 2.45) is 0 Å². The van der Waals surface area contributed by atoms with Crippen LogP contribution in [0.4, 0.5) is 0 Å². The van der Waals surface area contributed by atoms with Gasteiger partial charge >= 0.3 is 0 Å². The zero-order chi connectivity index (χ0) is 23.4. The first kappa shape index (κ1) is 24.4. The first-order chi connectivity index (χ1) is 15.9. The van der Waals surface area contributed by atoms with Crippen molar-refractivity contribution >= 4 is 56.6 Å². The minimum atomic E-state index is 0.0277. The summed E-state index contributed by atoms with van der Waals surface area (Å²) in [6.07, 6.45) is 0. The molecule has 1 amide bonds. The Morgan fingerprint density at radius 3 is 2.30 bits per heavy atom. The molecule has 4 nitrogen and oxygen atoms in total. The van der Waals surface area contributed by atoms with Gasteiger partial charge in [0.1, 0.15) is 6.61 Å². The van der Waals surface area contributed by atoms with Crippen molar-refractivity contribution < 1.29 is 9.53 Å². The van der Waals surface area contributed by atoms with E-state index in [0.29, 0.717) is 39.5 Å². The van der Waals surface area contributed by atoms with Crippen LogP contribution in [0.25, 0.3) is 0 Å². The van der Waals surface area contributed by atoms with Gasteiger partial charge < -0.3 is 9.64 Å². The van der Waals surface area contributed by atoms with Crippen molar-refractivity contribution in [2.45, 2.75) is 13.2 Å². The molecule has 172 valence electrons. The molecule has 0 aliphatic carbocycles. The summed E-state index contributed by atoms with van der Waals surface area (Å²) in [6.45, 7) is 4.17. The van der Waals surface area contributed by atoms with Crippen LogP contribution in [0.5, 0.6) is 5.75 Å². The van der Waals surface area contributed by atoms with Gasteiger partial charge in [-0.3, -0.25) is 9.69 Å². The zero-order valence-electron chi connectivity index (χ0n) is 17.7. The molecular formula is C25H22BrCl3N2O2. The van der Waals surface area contributed by atoms with Crippen LogP contribution in [0.1, 0.15) is 21.5 Å². The van der Waals surface area contributed by atoms with Gasteiger partial charge in [0.2, 0.25) is 0 Å². The highest BCUT2D eigenvalue weighted by molar-refractivity contribution is 9.10. The minimum absolute atomic E-state index is 0.0277. The monoisotopic (exact) mass is 566 g/mol. The molecule has 4 rings (SSSR count). The predicted molar refractivity (Wildman–Crippen MR) is 138 cm³/mol. The second-order valence-electron chi connectivity index (χ2n) is 7.85. The van der Waals surface area contributed by atoms with Gasteiger partial charge in [-0.25, -0.2) is 0 Å². The van der Waals surface area contributed by atoms with Crippen molar-refractivity contribution in [3.63, 3.8) is 0 Å². The van der Waals surface area contributed by atoms with Gasteiger partial charge in [0.05, 0.1) is 10.0 Å². The molecule has 33 heavy (non-hydrogen) atoms. The zero-order valence-corrected chi connectivity index (χ0v) is 21.6. The number of rotatable bonds is 6. The Balaban J connectivity index is 1.35. The lowest BCUT2D eigenvalue weighted by Gasteiger charge is -2.35. The van der Waals surface area contributed by atoms with Gasteiger partial charge in [0.25, 0.3) is 5.91 Å². The van der Waals surface area contributed by atoms with Crippen LogP contribution in [0, 0.1) is 0 Å². The Morgan fingerprint density at radius 2 is 1.61 bits per heavy atom. The Morgan fingerprint density at radius 1 is 0.909 bits per heavy atom. The van der Waals surface area contributed by atoms with Crippen molar-refractivity contribution in [2.75, 3.05) is 26.2 Å². The van der Waals surface area contributed by atoms with Gasteiger partial charge in [-0.2, -0.15) is 0 Å². The fourth-order valence-corrected chi connectivity index (χ4v) is 5.11. The lowest BCUT2D eigenvalue weighted by molar-refractivity contribution is 0.0628. The number of hydrogen-bond donors (Lipinski definition) is 0. The van der Waals surface area contributed by atoms with Crippen LogP contribution in [0.3, 0.4) is 0 Å². The van der Waals surface area contributed by atoms with E-state index in [2.05, 4.69) is 33.0 Å². The molecular weight excluding hydrogens is 547 g/mol. The quantitative estimate of drug-likeness (QED) is 0.323.